The van der Waals surface area contributed by atoms with Crippen LogP contribution in [-0.4, -0.2) is 19.1 Å². The number of benzene rings is 1. The maximum Gasteiger partial charge on any atom is 0.322 e. The Morgan fingerprint density at radius 2 is 2.12 bits per heavy atom. The summed E-state index contributed by atoms with van der Waals surface area (Å²) < 4.78 is 18.9. The van der Waals surface area contributed by atoms with Gasteiger partial charge in [-0.25, -0.2) is 4.39 Å². The smallest absolute Gasteiger partial charge is 0.322 e. The summed E-state index contributed by atoms with van der Waals surface area (Å²) in [6.07, 6.45) is 0. The van der Waals surface area contributed by atoms with Gasteiger partial charge in [-0.3, -0.25) is 10.1 Å². The quantitative estimate of drug-likeness (QED) is 0.869. The zero-order valence-electron chi connectivity index (χ0n) is 9.96. The molecule has 94 valence electrons. The first-order valence-corrected chi connectivity index (χ1v) is 6.03. The Hall–Kier alpha value is -0.940. The number of ether oxygens (including phenoxy) is 1. The molecule has 2 unspecified atom stereocenters. The molecule has 0 aliphatic carbocycles. The largest absolute Gasteiger partial charge is 0.468 e. The summed E-state index contributed by atoms with van der Waals surface area (Å²) in [5, 5.41) is 2.98. The highest BCUT2D eigenvalue weighted by Gasteiger charge is 2.18. The SMILES string of the molecule is COC(=O)C(C)NC(C)c1ccc(Br)cc1F. The Morgan fingerprint density at radius 3 is 2.65 bits per heavy atom. The maximum absolute atomic E-state index is 13.6. The van der Waals surface area contributed by atoms with Crippen molar-refractivity contribution in [2.24, 2.45) is 0 Å². The van der Waals surface area contributed by atoms with E-state index in [1.165, 1.54) is 13.2 Å². The van der Waals surface area contributed by atoms with Crippen LogP contribution >= 0.6 is 15.9 Å². The molecule has 0 radical (unpaired) electrons. The van der Waals surface area contributed by atoms with Gasteiger partial charge >= 0.3 is 5.97 Å². The lowest BCUT2D eigenvalue weighted by molar-refractivity contribution is -0.142. The van der Waals surface area contributed by atoms with E-state index in [0.717, 1.165) is 0 Å². The number of nitrogens with one attached hydrogen (secondary N) is 1. The molecule has 0 amide bonds. The number of methoxy groups -OCH3 is 1. The van der Waals surface area contributed by atoms with Crippen LogP contribution in [0, 0.1) is 5.82 Å². The van der Waals surface area contributed by atoms with Crippen molar-refractivity contribution in [2.45, 2.75) is 25.9 Å². The molecular formula is C12H15BrFNO2. The average Bonchev–Trinajstić information content (AvgIpc) is 2.27. The van der Waals surface area contributed by atoms with E-state index in [-0.39, 0.29) is 17.8 Å². The molecule has 1 N–H and O–H groups in total. The number of halogens is 2. The first-order valence-electron chi connectivity index (χ1n) is 5.24. The number of hydrogen-bond acceptors (Lipinski definition) is 3. The monoisotopic (exact) mass is 303 g/mol. The van der Waals surface area contributed by atoms with Gasteiger partial charge in [0.25, 0.3) is 0 Å². The van der Waals surface area contributed by atoms with E-state index in [1.54, 1.807) is 26.0 Å². The lowest BCUT2D eigenvalue weighted by Gasteiger charge is -2.19. The molecule has 1 aromatic carbocycles. The van der Waals surface area contributed by atoms with Crippen LogP contribution in [0.2, 0.25) is 0 Å². The van der Waals surface area contributed by atoms with Crippen LogP contribution in [0.25, 0.3) is 0 Å². The van der Waals surface area contributed by atoms with Crippen molar-refractivity contribution in [2.75, 3.05) is 7.11 Å². The first kappa shape index (κ1) is 14.1. The Bertz CT molecular complexity index is 411. The Kier molecular flexibility index (Phi) is 5.08. The molecule has 3 nitrogen and oxygen atoms in total. The van der Waals surface area contributed by atoms with Crippen molar-refractivity contribution in [3.63, 3.8) is 0 Å². The van der Waals surface area contributed by atoms with E-state index in [1.807, 2.05) is 0 Å². The average molecular weight is 304 g/mol. The van der Waals surface area contributed by atoms with Crippen molar-refractivity contribution in [3.8, 4) is 0 Å². The molecule has 0 saturated carbocycles. The van der Waals surface area contributed by atoms with Crippen molar-refractivity contribution in [3.05, 3.63) is 34.1 Å². The fraction of sp³-hybridized carbons (Fsp3) is 0.417. The summed E-state index contributed by atoms with van der Waals surface area (Å²) >= 11 is 3.20. The van der Waals surface area contributed by atoms with E-state index in [2.05, 4.69) is 26.0 Å². The van der Waals surface area contributed by atoms with Gasteiger partial charge in [0.15, 0.2) is 0 Å². The number of carbonyl (C=O) groups is 1. The first-order chi connectivity index (χ1) is 7.95. The molecule has 0 aromatic heterocycles. The van der Waals surface area contributed by atoms with Crippen LogP contribution in [0.5, 0.6) is 0 Å². The molecule has 2 atom stereocenters. The lowest BCUT2D eigenvalue weighted by atomic mass is 10.1. The third-order valence-corrected chi connectivity index (χ3v) is 2.98. The van der Waals surface area contributed by atoms with Gasteiger partial charge in [0.05, 0.1) is 7.11 Å². The highest BCUT2D eigenvalue weighted by atomic mass is 79.9. The van der Waals surface area contributed by atoms with Crippen LogP contribution < -0.4 is 5.32 Å². The van der Waals surface area contributed by atoms with Gasteiger partial charge in [-0.05, 0) is 26.0 Å². The zero-order chi connectivity index (χ0) is 13.0. The fourth-order valence-electron chi connectivity index (χ4n) is 1.56. The van der Waals surface area contributed by atoms with Crippen LogP contribution in [0.15, 0.2) is 22.7 Å². The molecule has 0 aliphatic heterocycles. The van der Waals surface area contributed by atoms with Gasteiger partial charge < -0.3 is 4.74 Å². The van der Waals surface area contributed by atoms with Crippen LogP contribution in [-0.2, 0) is 9.53 Å². The molecule has 1 aromatic rings. The second-order valence-electron chi connectivity index (χ2n) is 3.80. The summed E-state index contributed by atoms with van der Waals surface area (Å²) in [7, 11) is 1.32. The second-order valence-corrected chi connectivity index (χ2v) is 4.71. The number of rotatable bonds is 4. The number of hydrogen-bond donors (Lipinski definition) is 1. The van der Waals surface area contributed by atoms with Gasteiger partial charge in [-0.2, -0.15) is 0 Å². The summed E-state index contributed by atoms with van der Waals surface area (Å²) in [5.41, 5.74) is 0.518. The lowest BCUT2D eigenvalue weighted by Crippen LogP contribution is -2.36. The van der Waals surface area contributed by atoms with E-state index in [0.29, 0.717) is 10.0 Å². The normalized spacial score (nSPS) is 14.2. The summed E-state index contributed by atoms with van der Waals surface area (Å²) in [4.78, 5) is 11.2. The predicted molar refractivity (Wildman–Crippen MR) is 67.1 cm³/mol. The van der Waals surface area contributed by atoms with Crippen LogP contribution in [0.4, 0.5) is 4.39 Å². The van der Waals surface area contributed by atoms with E-state index in [4.69, 9.17) is 0 Å². The molecule has 0 spiro atoms. The Labute approximate surface area is 108 Å². The molecule has 0 saturated heterocycles. The van der Waals surface area contributed by atoms with Gasteiger partial charge in [-0.1, -0.05) is 22.0 Å². The zero-order valence-corrected chi connectivity index (χ0v) is 11.5. The highest BCUT2D eigenvalue weighted by Crippen LogP contribution is 2.21. The van der Waals surface area contributed by atoms with Crippen LogP contribution in [0.3, 0.4) is 0 Å². The van der Waals surface area contributed by atoms with Gasteiger partial charge in [0, 0.05) is 16.1 Å². The summed E-state index contributed by atoms with van der Waals surface area (Å²) in [5.74, 6) is -0.675. The standard InChI is InChI=1S/C12H15BrFNO2/c1-7(15-8(2)12(16)17-3)10-5-4-9(13)6-11(10)14/h4-8,15H,1-3H3. The highest BCUT2D eigenvalue weighted by molar-refractivity contribution is 9.10. The van der Waals surface area contributed by atoms with Crippen molar-refractivity contribution in [1.82, 2.24) is 5.32 Å². The summed E-state index contributed by atoms with van der Waals surface area (Å²) in [6, 6.07) is 4.10. The molecule has 0 bridgehead atoms. The van der Waals surface area contributed by atoms with Crippen molar-refractivity contribution < 1.29 is 13.9 Å². The Morgan fingerprint density at radius 1 is 1.47 bits per heavy atom. The van der Waals surface area contributed by atoms with Gasteiger partial charge in [0.2, 0.25) is 0 Å². The molecule has 1 rings (SSSR count). The third-order valence-electron chi connectivity index (χ3n) is 2.48. The summed E-state index contributed by atoms with van der Waals surface area (Å²) in [6.45, 7) is 3.48. The molecular weight excluding hydrogens is 289 g/mol. The third kappa shape index (κ3) is 3.78. The topological polar surface area (TPSA) is 38.3 Å². The molecule has 5 heteroatoms. The minimum absolute atomic E-state index is 0.266. The van der Waals surface area contributed by atoms with Gasteiger partial charge in [0.1, 0.15) is 11.9 Å². The van der Waals surface area contributed by atoms with E-state index < -0.39 is 6.04 Å². The Balaban J connectivity index is 2.76. The van der Waals surface area contributed by atoms with Crippen LogP contribution in [0.1, 0.15) is 25.5 Å². The molecule has 0 heterocycles. The molecule has 17 heavy (non-hydrogen) atoms. The molecule has 0 aliphatic rings. The fourth-order valence-corrected chi connectivity index (χ4v) is 1.90. The van der Waals surface area contributed by atoms with E-state index in [9.17, 15) is 9.18 Å². The van der Waals surface area contributed by atoms with Crippen molar-refractivity contribution in [1.29, 1.82) is 0 Å². The molecule has 0 fully saturated rings. The van der Waals surface area contributed by atoms with E-state index >= 15 is 0 Å². The predicted octanol–water partition coefficient (Wildman–Crippen LogP) is 2.80. The second kappa shape index (κ2) is 6.12. The number of carbonyl (C=O) groups excluding carboxylic acids is 1. The maximum atomic E-state index is 13.6. The van der Waals surface area contributed by atoms with Crippen molar-refractivity contribution >= 4 is 21.9 Å². The van der Waals surface area contributed by atoms with Gasteiger partial charge in [-0.15, -0.1) is 0 Å². The number of esters is 1. The minimum atomic E-state index is -0.474. The minimum Gasteiger partial charge on any atom is -0.468 e.